The van der Waals surface area contributed by atoms with E-state index in [1.807, 2.05) is 0 Å². The number of ether oxygens (including phenoxy) is 1. The molecule has 2 rings (SSSR count). The van der Waals surface area contributed by atoms with E-state index in [0.29, 0.717) is 23.0 Å². The van der Waals surface area contributed by atoms with Crippen LogP contribution in [0.3, 0.4) is 0 Å². The highest BCUT2D eigenvalue weighted by atomic mass is 19.4. The topological polar surface area (TPSA) is 46.5 Å². The molecule has 0 aliphatic carbocycles. The number of alkyl halides is 3. The van der Waals surface area contributed by atoms with Crippen molar-refractivity contribution in [2.75, 3.05) is 0 Å². The summed E-state index contributed by atoms with van der Waals surface area (Å²) in [5, 5.41) is 9.46. The lowest BCUT2D eigenvalue weighted by Crippen LogP contribution is -2.17. The molecule has 0 fully saturated rings. The molecule has 1 N–H and O–H groups in total. The predicted molar refractivity (Wildman–Crippen MR) is 65.6 cm³/mol. The van der Waals surface area contributed by atoms with E-state index in [-0.39, 0.29) is 5.75 Å². The van der Waals surface area contributed by atoms with Crippen molar-refractivity contribution in [3.8, 4) is 22.6 Å². The Hall–Kier alpha value is -2.50. The molecule has 0 bridgehead atoms. The zero-order chi connectivity index (χ0) is 14.8. The molecule has 6 heteroatoms. The van der Waals surface area contributed by atoms with Crippen molar-refractivity contribution in [2.24, 2.45) is 0 Å². The lowest BCUT2D eigenvalue weighted by Gasteiger charge is -2.11. The number of carbonyl (C=O) groups excluding carboxylic acids is 1. The van der Waals surface area contributed by atoms with E-state index in [1.165, 1.54) is 12.1 Å². The van der Waals surface area contributed by atoms with Crippen LogP contribution in [0.5, 0.6) is 11.5 Å². The third-order valence-corrected chi connectivity index (χ3v) is 2.48. The average Bonchev–Trinajstić information content (AvgIpc) is 2.36. The lowest BCUT2D eigenvalue weighted by atomic mass is 10.0. The van der Waals surface area contributed by atoms with Crippen LogP contribution >= 0.6 is 0 Å². The summed E-state index contributed by atoms with van der Waals surface area (Å²) >= 11 is 0. The fraction of sp³-hybridized carbons (Fsp3) is 0.0714. The first-order valence-electron chi connectivity index (χ1n) is 5.53. The Morgan fingerprint density at radius 1 is 1.05 bits per heavy atom. The van der Waals surface area contributed by atoms with E-state index in [9.17, 15) is 23.1 Å². The van der Waals surface area contributed by atoms with E-state index in [1.54, 1.807) is 18.2 Å². The molecular weight excluding hydrogens is 273 g/mol. The Labute approximate surface area is 112 Å². The van der Waals surface area contributed by atoms with Crippen LogP contribution in [-0.2, 0) is 0 Å². The molecule has 20 heavy (non-hydrogen) atoms. The number of benzene rings is 2. The maximum atomic E-state index is 12.2. The number of rotatable bonds is 3. The van der Waals surface area contributed by atoms with E-state index in [4.69, 9.17) is 0 Å². The van der Waals surface area contributed by atoms with Gasteiger partial charge in [0.1, 0.15) is 17.8 Å². The quantitative estimate of drug-likeness (QED) is 0.872. The van der Waals surface area contributed by atoms with Gasteiger partial charge >= 0.3 is 6.36 Å². The third kappa shape index (κ3) is 3.50. The van der Waals surface area contributed by atoms with Gasteiger partial charge in [0.15, 0.2) is 0 Å². The number of carbonyl (C=O) groups is 1. The smallest absolute Gasteiger partial charge is 0.508 e. The van der Waals surface area contributed by atoms with Gasteiger partial charge in [-0.25, -0.2) is 0 Å². The summed E-state index contributed by atoms with van der Waals surface area (Å²) in [4.78, 5) is 10.7. The number of phenols is 1. The SMILES string of the molecule is O=Cc1cccc(-c2cc(O)cc(OC(F)(F)F)c2)c1. The Kier molecular flexibility index (Phi) is 3.65. The molecule has 0 amide bonds. The molecule has 0 saturated carbocycles. The number of aldehydes is 1. The van der Waals surface area contributed by atoms with Crippen molar-refractivity contribution in [1.82, 2.24) is 0 Å². The summed E-state index contributed by atoms with van der Waals surface area (Å²) in [6.45, 7) is 0. The minimum Gasteiger partial charge on any atom is -0.508 e. The standard InChI is InChI=1S/C14H9F3O3/c15-14(16,17)20-13-6-11(5-12(19)7-13)10-3-1-2-9(4-10)8-18/h1-8,19H. The number of phenolic OH excluding ortho intramolecular Hbond substituents is 1. The summed E-state index contributed by atoms with van der Waals surface area (Å²) in [7, 11) is 0. The molecule has 0 aromatic heterocycles. The molecule has 0 spiro atoms. The summed E-state index contributed by atoms with van der Waals surface area (Å²) in [6.07, 6.45) is -4.21. The van der Waals surface area contributed by atoms with Crippen molar-refractivity contribution in [3.63, 3.8) is 0 Å². The van der Waals surface area contributed by atoms with Gasteiger partial charge in [-0.05, 0) is 29.3 Å². The Morgan fingerprint density at radius 2 is 1.80 bits per heavy atom. The number of aromatic hydroxyl groups is 1. The first kappa shape index (κ1) is 13.9. The highest BCUT2D eigenvalue weighted by Gasteiger charge is 2.31. The molecule has 0 saturated heterocycles. The Bertz CT molecular complexity index is 636. The lowest BCUT2D eigenvalue weighted by molar-refractivity contribution is -0.274. The molecule has 0 unspecified atom stereocenters. The second-order valence-electron chi connectivity index (χ2n) is 4.01. The highest BCUT2D eigenvalue weighted by molar-refractivity contribution is 5.79. The van der Waals surface area contributed by atoms with Gasteiger partial charge in [0, 0.05) is 11.6 Å². The molecule has 2 aromatic carbocycles. The van der Waals surface area contributed by atoms with Crippen molar-refractivity contribution in [3.05, 3.63) is 48.0 Å². The number of hydrogen-bond acceptors (Lipinski definition) is 3. The summed E-state index contributed by atoms with van der Waals surface area (Å²) in [6, 6.07) is 9.54. The predicted octanol–water partition coefficient (Wildman–Crippen LogP) is 3.77. The van der Waals surface area contributed by atoms with E-state index in [0.717, 1.165) is 12.1 Å². The van der Waals surface area contributed by atoms with E-state index < -0.39 is 12.1 Å². The van der Waals surface area contributed by atoms with E-state index in [2.05, 4.69) is 4.74 Å². The largest absolute Gasteiger partial charge is 0.573 e. The Morgan fingerprint density at radius 3 is 2.45 bits per heavy atom. The zero-order valence-corrected chi connectivity index (χ0v) is 10.0. The van der Waals surface area contributed by atoms with Crippen LogP contribution in [0.15, 0.2) is 42.5 Å². The first-order chi connectivity index (χ1) is 9.37. The maximum Gasteiger partial charge on any atom is 0.573 e. The van der Waals surface area contributed by atoms with Gasteiger partial charge in [-0.1, -0.05) is 18.2 Å². The molecule has 104 valence electrons. The van der Waals surface area contributed by atoms with Gasteiger partial charge in [0.05, 0.1) is 0 Å². The number of hydrogen-bond donors (Lipinski definition) is 1. The maximum absolute atomic E-state index is 12.2. The van der Waals surface area contributed by atoms with Crippen LogP contribution in [0.25, 0.3) is 11.1 Å². The van der Waals surface area contributed by atoms with Crippen LogP contribution < -0.4 is 4.74 Å². The van der Waals surface area contributed by atoms with Gasteiger partial charge in [0.25, 0.3) is 0 Å². The molecule has 0 aliphatic heterocycles. The Balaban J connectivity index is 2.43. The molecular formula is C14H9F3O3. The summed E-state index contributed by atoms with van der Waals surface area (Å²) in [5.41, 5.74) is 1.19. The van der Waals surface area contributed by atoms with Crippen molar-refractivity contribution >= 4 is 6.29 Å². The third-order valence-electron chi connectivity index (χ3n) is 2.48. The summed E-state index contributed by atoms with van der Waals surface area (Å²) < 4.78 is 40.3. The van der Waals surface area contributed by atoms with Crippen LogP contribution in [0, 0.1) is 0 Å². The van der Waals surface area contributed by atoms with E-state index >= 15 is 0 Å². The van der Waals surface area contributed by atoms with Gasteiger partial charge < -0.3 is 9.84 Å². The van der Waals surface area contributed by atoms with Gasteiger partial charge in [-0.2, -0.15) is 0 Å². The zero-order valence-electron chi connectivity index (χ0n) is 10.0. The van der Waals surface area contributed by atoms with Gasteiger partial charge in [-0.3, -0.25) is 4.79 Å². The highest BCUT2D eigenvalue weighted by Crippen LogP contribution is 2.32. The minimum absolute atomic E-state index is 0.313. The van der Waals surface area contributed by atoms with Crippen LogP contribution in [-0.4, -0.2) is 17.8 Å². The molecule has 0 radical (unpaired) electrons. The minimum atomic E-state index is -4.84. The van der Waals surface area contributed by atoms with Crippen molar-refractivity contribution in [1.29, 1.82) is 0 Å². The fourth-order valence-corrected chi connectivity index (χ4v) is 1.73. The molecule has 0 atom stereocenters. The first-order valence-corrected chi connectivity index (χ1v) is 5.53. The van der Waals surface area contributed by atoms with Crippen LogP contribution in [0.4, 0.5) is 13.2 Å². The normalized spacial score (nSPS) is 11.2. The summed E-state index contributed by atoms with van der Waals surface area (Å²) in [5.74, 6) is -0.887. The molecule has 3 nitrogen and oxygen atoms in total. The molecule has 2 aromatic rings. The second-order valence-corrected chi connectivity index (χ2v) is 4.01. The average molecular weight is 282 g/mol. The van der Waals surface area contributed by atoms with Crippen LogP contribution in [0.1, 0.15) is 10.4 Å². The fourth-order valence-electron chi connectivity index (χ4n) is 1.73. The number of halogens is 3. The van der Waals surface area contributed by atoms with Crippen LogP contribution in [0.2, 0.25) is 0 Å². The van der Waals surface area contributed by atoms with Gasteiger partial charge in [-0.15, -0.1) is 13.2 Å². The molecule has 0 heterocycles. The monoisotopic (exact) mass is 282 g/mol. The molecule has 0 aliphatic rings. The van der Waals surface area contributed by atoms with Crippen molar-refractivity contribution in [2.45, 2.75) is 6.36 Å². The van der Waals surface area contributed by atoms with Crippen molar-refractivity contribution < 1.29 is 27.8 Å². The second kappa shape index (κ2) is 5.24. The van der Waals surface area contributed by atoms with Gasteiger partial charge in [0.2, 0.25) is 0 Å².